The van der Waals surface area contributed by atoms with Crippen molar-refractivity contribution < 1.29 is 4.79 Å². The maximum absolute atomic E-state index is 12.0. The van der Waals surface area contributed by atoms with Crippen molar-refractivity contribution in [1.29, 1.82) is 0 Å². The van der Waals surface area contributed by atoms with Gasteiger partial charge < -0.3 is 10.6 Å². The highest BCUT2D eigenvalue weighted by molar-refractivity contribution is 6.00. The third kappa shape index (κ3) is 2.88. The third-order valence-electron chi connectivity index (χ3n) is 4.11. The average Bonchev–Trinajstić information content (AvgIpc) is 3.12. The van der Waals surface area contributed by atoms with Gasteiger partial charge in [-0.05, 0) is 36.4 Å². The maximum atomic E-state index is 12.0. The summed E-state index contributed by atoms with van der Waals surface area (Å²) in [5, 5.41) is 10.3. The summed E-state index contributed by atoms with van der Waals surface area (Å²) in [5.74, 6) is 0.515. The summed E-state index contributed by atoms with van der Waals surface area (Å²) >= 11 is 0. The van der Waals surface area contributed by atoms with E-state index in [0.717, 1.165) is 16.8 Å². The van der Waals surface area contributed by atoms with Gasteiger partial charge in [-0.15, -0.1) is 0 Å². The number of anilines is 2. The van der Waals surface area contributed by atoms with Crippen molar-refractivity contribution in [3.05, 3.63) is 78.6 Å². The van der Waals surface area contributed by atoms with E-state index in [1.165, 1.54) is 0 Å². The Bertz CT molecular complexity index is 1090. The molecule has 3 heterocycles. The number of hydrogen-bond acceptors (Lipinski definition) is 4. The lowest BCUT2D eigenvalue weighted by atomic mass is 10.1. The Morgan fingerprint density at radius 1 is 1.00 bits per heavy atom. The first-order valence-electron chi connectivity index (χ1n) is 8.24. The number of rotatable bonds is 4. The first kappa shape index (κ1) is 15.8. The van der Waals surface area contributed by atoms with Gasteiger partial charge in [-0.25, -0.2) is 9.50 Å². The Labute approximate surface area is 150 Å². The summed E-state index contributed by atoms with van der Waals surface area (Å²) in [5.41, 5.74) is 4.03. The van der Waals surface area contributed by atoms with Crippen LogP contribution in [0.3, 0.4) is 0 Å². The SMILES string of the molecule is CNC(=O)c1ccccc1Nc1cccc(-c2cnn3ccccc23)n1. The van der Waals surface area contributed by atoms with Crippen LogP contribution >= 0.6 is 0 Å². The average molecular weight is 343 g/mol. The van der Waals surface area contributed by atoms with Gasteiger partial charge in [-0.1, -0.05) is 24.3 Å². The van der Waals surface area contributed by atoms with Gasteiger partial charge in [0, 0.05) is 18.8 Å². The lowest BCUT2D eigenvalue weighted by Crippen LogP contribution is -2.19. The van der Waals surface area contributed by atoms with Crippen LogP contribution in [-0.4, -0.2) is 27.6 Å². The van der Waals surface area contributed by atoms with Gasteiger partial charge in [-0.3, -0.25) is 4.79 Å². The fourth-order valence-corrected chi connectivity index (χ4v) is 2.85. The van der Waals surface area contributed by atoms with E-state index in [2.05, 4.69) is 15.7 Å². The molecule has 128 valence electrons. The van der Waals surface area contributed by atoms with Crippen molar-refractivity contribution in [2.75, 3.05) is 12.4 Å². The molecule has 2 N–H and O–H groups in total. The van der Waals surface area contributed by atoms with Crippen molar-refractivity contribution in [3.8, 4) is 11.3 Å². The monoisotopic (exact) mass is 343 g/mol. The molecule has 3 aromatic heterocycles. The first-order valence-corrected chi connectivity index (χ1v) is 8.24. The number of carbonyl (C=O) groups excluding carboxylic acids is 1. The molecule has 0 spiro atoms. The van der Waals surface area contributed by atoms with Gasteiger partial charge >= 0.3 is 0 Å². The third-order valence-corrected chi connectivity index (χ3v) is 4.11. The van der Waals surface area contributed by atoms with E-state index in [9.17, 15) is 4.79 Å². The van der Waals surface area contributed by atoms with Crippen LogP contribution in [0.4, 0.5) is 11.5 Å². The quantitative estimate of drug-likeness (QED) is 0.595. The second-order valence-electron chi connectivity index (χ2n) is 5.75. The largest absolute Gasteiger partial charge is 0.355 e. The molecule has 4 aromatic rings. The van der Waals surface area contributed by atoms with E-state index in [1.54, 1.807) is 19.3 Å². The maximum Gasteiger partial charge on any atom is 0.253 e. The summed E-state index contributed by atoms with van der Waals surface area (Å²) in [4.78, 5) is 16.7. The number of amides is 1. The zero-order valence-electron chi connectivity index (χ0n) is 14.2. The van der Waals surface area contributed by atoms with Gasteiger partial charge in [0.1, 0.15) is 5.82 Å². The minimum absolute atomic E-state index is 0.146. The molecule has 0 aliphatic carbocycles. The molecule has 0 aliphatic rings. The predicted octanol–water partition coefficient (Wildman–Crippen LogP) is 3.50. The molecule has 0 aliphatic heterocycles. The molecule has 0 bridgehead atoms. The standard InChI is InChI=1S/C20H17N5O/c1-21-20(26)14-7-2-3-8-16(14)23-19-11-6-9-17(24-19)15-13-22-25-12-5-4-10-18(15)25/h2-13H,1H3,(H,21,26)(H,23,24). The zero-order valence-corrected chi connectivity index (χ0v) is 14.2. The van der Waals surface area contributed by atoms with Gasteiger partial charge in [0.15, 0.2) is 0 Å². The molecule has 4 rings (SSSR count). The van der Waals surface area contributed by atoms with Crippen LogP contribution in [0, 0.1) is 0 Å². The van der Waals surface area contributed by atoms with Crippen LogP contribution < -0.4 is 10.6 Å². The van der Waals surface area contributed by atoms with Crippen molar-refractivity contribution in [3.63, 3.8) is 0 Å². The Balaban J connectivity index is 1.70. The van der Waals surface area contributed by atoms with E-state index < -0.39 is 0 Å². The van der Waals surface area contributed by atoms with Crippen LogP contribution in [0.1, 0.15) is 10.4 Å². The molecule has 26 heavy (non-hydrogen) atoms. The molecule has 1 amide bonds. The highest BCUT2D eigenvalue weighted by Gasteiger charge is 2.11. The summed E-state index contributed by atoms with van der Waals surface area (Å²) in [6.45, 7) is 0. The Hall–Kier alpha value is -3.67. The van der Waals surface area contributed by atoms with Crippen molar-refractivity contribution >= 4 is 22.9 Å². The first-order chi connectivity index (χ1) is 12.8. The number of carbonyl (C=O) groups is 1. The van der Waals surface area contributed by atoms with Gasteiger partial charge in [0.25, 0.3) is 5.91 Å². The fraction of sp³-hybridized carbons (Fsp3) is 0.0500. The van der Waals surface area contributed by atoms with E-state index in [4.69, 9.17) is 4.98 Å². The van der Waals surface area contributed by atoms with E-state index in [0.29, 0.717) is 17.1 Å². The molecular weight excluding hydrogens is 326 g/mol. The van der Waals surface area contributed by atoms with Crippen molar-refractivity contribution in [1.82, 2.24) is 19.9 Å². The number of pyridine rings is 2. The lowest BCUT2D eigenvalue weighted by molar-refractivity contribution is 0.0964. The van der Waals surface area contributed by atoms with E-state index in [-0.39, 0.29) is 5.91 Å². The molecule has 0 fully saturated rings. The van der Waals surface area contributed by atoms with Crippen molar-refractivity contribution in [2.45, 2.75) is 0 Å². The topological polar surface area (TPSA) is 71.3 Å². The van der Waals surface area contributed by atoms with Gasteiger partial charge in [0.05, 0.1) is 28.7 Å². The molecule has 1 aromatic carbocycles. The number of para-hydroxylation sites is 1. The van der Waals surface area contributed by atoms with E-state index in [1.807, 2.05) is 65.3 Å². The molecule has 0 atom stereocenters. The highest BCUT2D eigenvalue weighted by atomic mass is 16.1. The lowest BCUT2D eigenvalue weighted by Gasteiger charge is -2.11. The normalized spacial score (nSPS) is 10.7. The van der Waals surface area contributed by atoms with Crippen LogP contribution in [0.5, 0.6) is 0 Å². The smallest absolute Gasteiger partial charge is 0.253 e. The molecule has 0 unspecified atom stereocenters. The second-order valence-corrected chi connectivity index (χ2v) is 5.75. The molecule has 6 nitrogen and oxygen atoms in total. The zero-order chi connectivity index (χ0) is 17.9. The van der Waals surface area contributed by atoms with Gasteiger partial charge in [-0.2, -0.15) is 5.10 Å². The fourth-order valence-electron chi connectivity index (χ4n) is 2.85. The van der Waals surface area contributed by atoms with E-state index >= 15 is 0 Å². The predicted molar refractivity (Wildman–Crippen MR) is 102 cm³/mol. The molecule has 6 heteroatoms. The number of nitrogens with one attached hydrogen (secondary N) is 2. The number of hydrogen-bond donors (Lipinski definition) is 2. The molecular formula is C20H17N5O. The molecule has 0 saturated heterocycles. The number of nitrogens with zero attached hydrogens (tertiary/aromatic N) is 3. The second kappa shape index (κ2) is 6.68. The van der Waals surface area contributed by atoms with Crippen LogP contribution in [-0.2, 0) is 0 Å². The van der Waals surface area contributed by atoms with Gasteiger partial charge in [0.2, 0.25) is 0 Å². The number of aromatic nitrogens is 3. The van der Waals surface area contributed by atoms with Crippen LogP contribution in [0.2, 0.25) is 0 Å². The summed E-state index contributed by atoms with van der Waals surface area (Å²) in [6, 6.07) is 19.0. The Kier molecular flexibility index (Phi) is 4.07. The summed E-state index contributed by atoms with van der Waals surface area (Å²) in [7, 11) is 1.61. The summed E-state index contributed by atoms with van der Waals surface area (Å²) in [6.07, 6.45) is 3.71. The van der Waals surface area contributed by atoms with Crippen LogP contribution in [0.25, 0.3) is 16.8 Å². The molecule has 0 saturated carbocycles. The number of benzene rings is 1. The molecule has 0 radical (unpaired) electrons. The Morgan fingerprint density at radius 3 is 2.73 bits per heavy atom. The minimum atomic E-state index is -0.146. The summed E-state index contributed by atoms with van der Waals surface area (Å²) < 4.78 is 1.82. The minimum Gasteiger partial charge on any atom is -0.355 e. The highest BCUT2D eigenvalue weighted by Crippen LogP contribution is 2.25. The van der Waals surface area contributed by atoms with Crippen LogP contribution in [0.15, 0.2) is 73.1 Å². The Morgan fingerprint density at radius 2 is 1.85 bits per heavy atom. The number of fused-ring (bicyclic) bond motifs is 1. The van der Waals surface area contributed by atoms with Crippen molar-refractivity contribution in [2.24, 2.45) is 0 Å².